The van der Waals surface area contributed by atoms with Crippen LogP contribution in [0.5, 0.6) is 0 Å². The maximum absolute atomic E-state index is 12.0. The number of hydrogen-bond acceptors (Lipinski definition) is 2. The number of hydrogen-bond donors (Lipinski definition) is 1. The van der Waals surface area contributed by atoms with E-state index in [0.29, 0.717) is 12.3 Å². The summed E-state index contributed by atoms with van der Waals surface area (Å²) >= 11 is 0. The first-order valence-electron chi connectivity index (χ1n) is 6.24. The highest BCUT2D eigenvalue weighted by atomic mass is 16.2. The van der Waals surface area contributed by atoms with E-state index in [1.54, 1.807) is 0 Å². The van der Waals surface area contributed by atoms with Gasteiger partial charge in [0.25, 0.3) is 0 Å². The van der Waals surface area contributed by atoms with Gasteiger partial charge in [-0.05, 0) is 31.0 Å². The van der Waals surface area contributed by atoms with Gasteiger partial charge in [0.05, 0.1) is 6.42 Å². The van der Waals surface area contributed by atoms with Crippen LogP contribution in [-0.2, 0) is 11.2 Å². The molecule has 0 bridgehead atoms. The molecule has 1 aliphatic heterocycles. The summed E-state index contributed by atoms with van der Waals surface area (Å²) in [5.41, 5.74) is 1.09. The summed E-state index contributed by atoms with van der Waals surface area (Å²) in [5.74, 6) is 0.836. The number of likely N-dealkylation sites (N-methyl/N-ethyl adjacent to an activating group) is 1. The highest BCUT2D eigenvalue weighted by Gasteiger charge is 2.18. The van der Waals surface area contributed by atoms with E-state index in [0.717, 1.165) is 25.2 Å². The average Bonchev–Trinajstić information content (AvgIpc) is 2.83. The number of benzene rings is 1. The maximum atomic E-state index is 12.0. The Hall–Kier alpha value is -1.35. The van der Waals surface area contributed by atoms with Gasteiger partial charge in [-0.15, -0.1) is 0 Å². The fourth-order valence-corrected chi connectivity index (χ4v) is 2.26. The molecule has 3 nitrogen and oxygen atoms in total. The van der Waals surface area contributed by atoms with Gasteiger partial charge in [0.15, 0.2) is 0 Å². The third-order valence-corrected chi connectivity index (χ3v) is 3.32. The average molecular weight is 232 g/mol. The van der Waals surface area contributed by atoms with Gasteiger partial charge in [0.2, 0.25) is 5.91 Å². The lowest BCUT2D eigenvalue weighted by molar-refractivity contribution is -0.129. The second-order valence-electron chi connectivity index (χ2n) is 4.80. The predicted octanol–water partition coefficient (Wildman–Crippen LogP) is 1.30. The molecule has 0 spiro atoms. The molecule has 1 atom stereocenters. The minimum absolute atomic E-state index is 0.211. The number of nitrogens with zero attached hydrogens (tertiary/aromatic N) is 1. The zero-order valence-corrected chi connectivity index (χ0v) is 10.4. The number of amides is 1. The van der Waals surface area contributed by atoms with Crippen LogP contribution in [0, 0.1) is 5.92 Å². The summed E-state index contributed by atoms with van der Waals surface area (Å²) in [6.07, 6.45) is 1.69. The Morgan fingerprint density at radius 1 is 1.41 bits per heavy atom. The first kappa shape index (κ1) is 12.1. The summed E-state index contributed by atoms with van der Waals surface area (Å²) in [5, 5.41) is 3.33. The van der Waals surface area contributed by atoms with Crippen molar-refractivity contribution in [3.8, 4) is 0 Å². The van der Waals surface area contributed by atoms with E-state index in [1.807, 2.05) is 42.3 Å². The molecule has 0 radical (unpaired) electrons. The van der Waals surface area contributed by atoms with Crippen LogP contribution in [0.1, 0.15) is 12.0 Å². The summed E-state index contributed by atoms with van der Waals surface area (Å²) < 4.78 is 0. The van der Waals surface area contributed by atoms with Crippen LogP contribution in [0.25, 0.3) is 0 Å². The molecule has 1 N–H and O–H groups in total. The lowest BCUT2D eigenvalue weighted by Gasteiger charge is -2.20. The van der Waals surface area contributed by atoms with Crippen molar-refractivity contribution in [2.45, 2.75) is 12.8 Å². The predicted molar refractivity (Wildman–Crippen MR) is 68.8 cm³/mol. The summed E-state index contributed by atoms with van der Waals surface area (Å²) in [7, 11) is 1.91. The Morgan fingerprint density at radius 3 is 2.82 bits per heavy atom. The quantitative estimate of drug-likeness (QED) is 0.848. The van der Waals surface area contributed by atoms with Crippen LogP contribution in [0.15, 0.2) is 30.3 Å². The summed E-state index contributed by atoms with van der Waals surface area (Å²) in [6, 6.07) is 9.93. The number of nitrogens with one attached hydrogen (secondary N) is 1. The molecule has 1 aromatic carbocycles. The van der Waals surface area contributed by atoms with E-state index in [4.69, 9.17) is 0 Å². The summed E-state index contributed by atoms with van der Waals surface area (Å²) in [4.78, 5) is 13.9. The van der Waals surface area contributed by atoms with Crippen LogP contribution < -0.4 is 5.32 Å². The molecule has 0 aromatic heterocycles. The fourth-order valence-electron chi connectivity index (χ4n) is 2.26. The first-order valence-corrected chi connectivity index (χ1v) is 6.24. The molecule has 1 aliphatic rings. The largest absolute Gasteiger partial charge is 0.345 e. The van der Waals surface area contributed by atoms with Crippen LogP contribution in [-0.4, -0.2) is 37.5 Å². The number of carbonyl (C=O) groups is 1. The SMILES string of the molecule is CN(C[C@H]1CCNC1)C(=O)Cc1ccccc1. The molecule has 0 aliphatic carbocycles. The third kappa shape index (κ3) is 3.56. The molecule has 3 heteroatoms. The lowest BCUT2D eigenvalue weighted by atomic mass is 10.1. The second kappa shape index (κ2) is 5.82. The van der Waals surface area contributed by atoms with Gasteiger partial charge in [0.1, 0.15) is 0 Å². The van der Waals surface area contributed by atoms with Crippen molar-refractivity contribution in [2.75, 3.05) is 26.7 Å². The van der Waals surface area contributed by atoms with Crippen molar-refractivity contribution in [3.05, 3.63) is 35.9 Å². The third-order valence-electron chi connectivity index (χ3n) is 3.32. The minimum atomic E-state index is 0.211. The Morgan fingerprint density at radius 2 is 2.18 bits per heavy atom. The van der Waals surface area contributed by atoms with Gasteiger partial charge in [-0.3, -0.25) is 4.79 Å². The standard InChI is InChI=1S/C14H20N2O/c1-16(11-13-7-8-15-10-13)14(17)9-12-5-3-2-4-6-12/h2-6,13,15H,7-11H2,1H3/t13-/m0/s1. The Labute approximate surface area is 103 Å². The van der Waals surface area contributed by atoms with E-state index in [9.17, 15) is 4.79 Å². The van der Waals surface area contributed by atoms with Crippen LogP contribution >= 0.6 is 0 Å². The van der Waals surface area contributed by atoms with Crippen molar-refractivity contribution < 1.29 is 4.79 Å². The molecule has 2 rings (SSSR count). The van der Waals surface area contributed by atoms with E-state index < -0.39 is 0 Å². The molecular formula is C14H20N2O. The molecule has 0 unspecified atom stereocenters. The highest BCUT2D eigenvalue weighted by Crippen LogP contribution is 2.10. The normalized spacial score (nSPS) is 19.2. The molecule has 0 saturated carbocycles. The molecule has 92 valence electrons. The van der Waals surface area contributed by atoms with Crippen LogP contribution in [0.2, 0.25) is 0 Å². The zero-order valence-electron chi connectivity index (χ0n) is 10.4. The van der Waals surface area contributed by atoms with Crippen molar-refractivity contribution >= 4 is 5.91 Å². The second-order valence-corrected chi connectivity index (χ2v) is 4.80. The van der Waals surface area contributed by atoms with Crippen LogP contribution in [0.3, 0.4) is 0 Å². The Kier molecular flexibility index (Phi) is 4.15. The molecule has 17 heavy (non-hydrogen) atoms. The summed E-state index contributed by atoms with van der Waals surface area (Å²) in [6.45, 7) is 3.01. The molecule has 1 fully saturated rings. The van der Waals surface area contributed by atoms with Crippen molar-refractivity contribution in [2.24, 2.45) is 5.92 Å². The van der Waals surface area contributed by atoms with E-state index in [1.165, 1.54) is 6.42 Å². The highest BCUT2D eigenvalue weighted by molar-refractivity contribution is 5.78. The molecule has 1 heterocycles. The smallest absolute Gasteiger partial charge is 0.226 e. The van der Waals surface area contributed by atoms with Crippen molar-refractivity contribution in [1.82, 2.24) is 10.2 Å². The van der Waals surface area contributed by atoms with Crippen LogP contribution in [0.4, 0.5) is 0 Å². The van der Waals surface area contributed by atoms with Gasteiger partial charge >= 0.3 is 0 Å². The molecule has 1 saturated heterocycles. The Balaban J connectivity index is 1.82. The molecule has 1 aromatic rings. The fraction of sp³-hybridized carbons (Fsp3) is 0.500. The first-order chi connectivity index (χ1) is 8.25. The van der Waals surface area contributed by atoms with Gasteiger partial charge in [0, 0.05) is 13.6 Å². The maximum Gasteiger partial charge on any atom is 0.226 e. The van der Waals surface area contributed by atoms with E-state index in [2.05, 4.69) is 5.32 Å². The van der Waals surface area contributed by atoms with Gasteiger partial charge in [-0.2, -0.15) is 0 Å². The number of rotatable bonds is 4. The monoisotopic (exact) mass is 232 g/mol. The van der Waals surface area contributed by atoms with E-state index >= 15 is 0 Å². The molecular weight excluding hydrogens is 212 g/mol. The zero-order chi connectivity index (χ0) is 12.1. The molecule has 1 amide bonds. The van der Waals surface area contributed by atoms with Gasteiger partial charge < -0.3 is 10.2 Å². The van der Waals surface area contributed by atoms with Crippen molar-refractivity contribution in [3.63, 3.8) is 0 Å². The lowest BCUT2D eigenvalue weighted by Crippen LogP contribution is -2.33. The topological polar surface area (TPSA) is 32.3 Å². The minimum Gasteiger partial charge on any atom is -0.345 e. The Bertz CT molecular complexity index is 358. The van der Waals surface area contributed by atoms with Gasteiger partial charge in [-0.25, -0.2) is 0 Å². The van der Waals surface area contributed by atoms with Crippen molar-refractivity contribution in [1.29, 1.82) is 0 Å². The van der Waals surface area contributed by atoms with Gasteiger partial charge in [-0.1, -0.05) is 30.3 Å². The van der Waals surface area contributed by atoms with E-state index in [-0.39, 0.29) is 5.91 Å². The number of carbonyl (C=O) groups excluding carboxylic acids is 1.